The molecule has 2 unspecified atom stereocenters. The summed E-state index contributed by atoms with van der Waals surface area (Å²) in [5.74, 6) is -1.68. The number of hydrogen-bond donors (Lipinski definition) is 0. The lowest BCUT2D eigenvalue weighted by molar-refractivity contribution is -0.363. The Hall–Kier alpha value is -1.33. The Balaban J connectivity index is 4.25. The van der Waals surface area contributed by atoms with E-state index < -0.39 is 11.9 Å². The molecule has 2 atom stereocenters. The molecule has 0 aromatic heterocycles. The zero-order valence-electron chi connectivity index (χ0n) is 11.5. The van der Waals surface area contributed by atoms with Gasteiger partial charge in [-0.05, 0) is 20.8 Å². The third-order valence-electron chi connectivity index (χ3n) is 1.92. The van der Waals surface area contributed by atoms with Crippen molar-refractivity contribution in [3.05, 3.63) is 25.0 Å². The smallest absolute Gasteiger partial charge is 0.333 e. The van der Waals surface area contributed by atoms with Gasteiger partial charge in [-0.2, -0.15) is 0 Å². The van der Waals surface area contributed by atoms with E-state index in [4.69, 9.17) is 18.9 Å². The van der Waals surface area contributed by atoms with Gasteiger partial charge >= 0.3 is 11.9 Å². The van der Waals surface area contributed by atoms with Crippen LogP contribution in [0.15, 0.2) is 25.0 Å². The first-order chi connectivity index (χ1) is 8.34. The zero-order valence-corrected chi connectivity index (χ0v) is 11.5. The summed E-state index contributed by atoms with van der Waals surface area (Å²) >= 11 is 0. The van der Waals surface area contributed by atoms with Gasteiger partial charge in [-0.1, -0.05) is 13.2 Å². The Labute approximate surface area is 108 Å². The third kappa shape index (κ3) is 6.42. The number of rotatable bonds is 9. The average Bonchev–Trinajstić information content (AvgIpc) is 2.25. The van der Waals surface area contributed by atoms with E-state index in [2.05, 4.69) is 13.2 Å². The third-order valence-corrected chi connectivity index (χ3v) is 1.92. The van der Waals surface area contributed by atoms with Crippen molar-refractivity contribution in [3.63, 3.8) is 0 Å². The van der Waals surface area contributed by atoms with Gasteiger partial charge in [0.1, 0.15) is 6.61 Å². The first-order valence-electron chi connectivity index (χ1n) is 5.77. The molecule has 5 nitrogen and oxygen atoms in total. The monoisotopic (exact) mass is 258 g/mol. The molecule has 18 heavy (non-hydrogen) atoms. The molecule has 0 aromatic carbocycles. The first kappa shape index (κ1) is 16.7. The highest BCUT2D eigenvalue weighted by Crippen LogP contribution is 2.17. The van der Waals surface area contributed by atoms with Crippen molar-refractivity contribution in [1.82, 2.24) is 0 Å². The molecule has 0 amide bonds. The summed E-state index contributed by atoms with van der Waals surface area (Å²) in [6, 6.07) is 0. The lowest BCUT2D eigenvalue weighted by atomic mass is 10.3. The fourth-order valence-electron chi connectivity index (χ4n) is 1.23. The fourth-order valence-corrected chi connectivity index (χ4v) is 1.23. The molecule has 104 valence electrons. The minimum Gasteiger partial charge on any atom is -0.460 e. The number of hydrogen-bond acceptors (Lipinski definition) is 5. The van der Waals surface area contributed by atoms with Crippen molar-refractivity contribution >= 4 is 5.97 Å². The Bertz CT molecular complexity index is 300. The topological polar surface area (TPSA) is 54.0 Å². The Morgan fingerprint density at radius 1 is 1.50 bits per heavy atom. The normalized spacial score (nSPS) is 15.3. The molecule has 0 aromatic rings. The van der Waals surface area contributed by atoms with E-state index in [0.29, 0.717) is 12.2 Å². The van der Waals surface area contributed by atoms with Crippen LogP contribution in [0, 0.1) is 0 Å². The first-order valence-corrected chi connectivity index (χ1v) is 5.77. The van der Waals surface area contributed by atoms with Crippen molar-refractivity contribution in [2.45, 2.75) is 39.8 Å². The van der Waals surface area contributed by atoms with Crippen LogP contribution in [0.3, 0.4) is 0 Å². The van der Waals surface area contributed by atoms with Gasteiger partial charge in [-0.15, -0.1) is 0 Å². The van der Waals surface area contributed by atoms with Crippen LogP contribution in [0.4, 0.5) is 0 Å². The van der Waals surface area contributed by atoms with E-state index in [9.17, 15) is 4.79 Å². The molecule has 0 heterocycles. The minimum atomic E-state index is -1.23. The van der Waals surface area contributed by atoms with Crippen LogP contribution in [0.1, 0.15) is 27.7 Å². The van der Waals surface area contributed by atoms with Gasteiger partial charge < -0.3 is 18.9 Å². The predicted molar refractivity (Wildman–Crippen MR) is 67.6 cm³/mol. The van der Waals surface area contributed by atoms with Gasteiger partial charge in [0, 0.05) is 12.5 Å². The Morgan fingerprint density at radius 3 is 2.56 bits per heavy atom. The largest absolute Gasteiger partial charge is 0.460 e. The van der Waals surface area contributed by atoms with Crippen molar-refractivity contribution in [2.24, 2.45) is 0 Å². The quantitative estimate of drug-likeness (QED) is 0.275. The predicted octanol–water partition coefficient (Wildman–Crippen LogP) is 2.38. The zero-order chi connectivity index (χ0) is 14.2. The van der Waals surface area contributed by atoms with Crippen molar-refractivity contribution in [3.8, 4) is 0 Å². The molecule has 0 bridgehead atoms. The van der Waals surface area contributed by atoms with E-state index in [1.54, 1.807) is 20.8 Å². The number of esters is 1. The molecule has 0 aliphatic rings. The molecule has 0 radical (unpaired) electrons. The second kappa shape index (κ2) is 7.89. The van der Waals surface area contributed by atoms with E-state index in [1.165, 1.54) is 6.26 Å². The summed E-state index contributed by atoms with van der Waals surface area (Å²) in [4.78, 5) is 11.2. The summed E-state index contributed by atoms with van der Waals surface area (Å²) in [6.07, 6.45) is 0.854. The summed E-state index contributed by atoms with van der Waals surface area (Å²) in [7, 11) is 0. The van der Waals surface area contributed by atoms with E-state index >= 15 is 0 Å². The molecule has 0 N–H and O–H groups in total. The maximum Gasteiger partial charge on any atom is 0.333 e. The average molecular weight is 258 g/mol. The van der Waals surface area contributed by atoms with Crippen LogP contribution in [0.5, 0.6) is 0 Å². The van der Waals surface area contributed by atoms with Crippen LogP contribution in [-0.4, -0.2) is 31.3 Å². The molecule has 0 saturated carbocycles. The maximum atomic E-state index is 11.2. The molecule has 0 saturated heterocycles. The standard InChI is InChI=1S/C13H22O5/c1-7-16-13(6,17-8-2)18-11(5)9-15-12(14)10(3)4/h7,11H,1,3,8-9H2,2,4-6H3. The van der Waals surface area contributed by atoms with Crippen molar-refractivity contribution in [1.29, 1.82) is 0 Å². The summed E-state index contributed by atoms with van der Waals surface area (Å²) in [5.41, 5.74) is 0.345. The SMILES string of the molecule is C=COC(C)(OCC)OC(C)COC(=O)C(=C)C. The molecule has 0 aliphatic carbocycles. The number of carbonyl (C=O) groups excluding carboxylic acids is 1. The summed E-state index contributed by atoms with van der Waals surface area (Å²) < 4.78 is 21.0. The fraction of sp³-hybridized carbons (Fsp3) is 0.615. The van der Waals surface area contributed by atoms with E-state index in [1.807, 2.05) is 6.92 Å². The Morgan fingerprint density at radius 2 is 2.11 bits per heavy atom. The van der Waals surface area contributed by atoms with Crippen LogP contribution >= 0.6 is 0 Å². The van der Waals surface area contributed by atoms with Crippen LogP contribution in [0.2, 0.25) is 0 Å². The molecular weight excluding hydrogens is 236 g/mol. The van der Waals surface area contributed by atoms with Gasteiger partial charge in [-0.3, -0.25) is 0 Å². The van der Waals surface area contributed by atoms with Gasteiger partial charge in [0.25, 0.3) is 0 Å². The van der Waals surface area contributed by atoms with E-state index in [-0.39, 0.29) is 12.7 Å². The van der Waals surface area contributed by atoms with Crippen LogP contribution in [0.25, 0.3) is 0 Å². The van der Waals surface area contributed by atoms with Gasteiger partial charge in [0.05, 0.1) is 19.0 Å². The molecule has 5 heteroatoms. The summed E-state index contributed by atoms with van der Waals surface area (Å²) in [6.45, 7) is 14.2. The Kier molecular flexibility index (Phi) is 7.31. The van der Waals surface area contributed by atoms with Crippen LogP contribution < -0.4 is 0 Å². The molecule has 0 fully saturated rings. The molecule has 0 rings (SSSR count). The number of ether oxygens (including phenoxy) is 4. The summed E-state index contributed by atoms with van der Waals surface area (Å²) in [5, 5.41) is 0. The highest BCUT2D eigenvalue weighted by molar-refractivity contribution is 5.86. The number of carbonyl (C=O) groups is 1. The van der Waals surface area contributed by atoms with Gasteiger partial charge in [-0.25, -0.2) is 4.79 Å². The lowest BCUT2D eigenvalue weighted by Gasteiger charge is -2.30. The van der Waals surface area contributed by atoms with E-state index in [0.717, 1.165) is 0 Å². The highest BCUT2D eigenvalue weighted by atomic mass is 16.9. The molecular formula is C13H22O5. The molecule has 0 aliphatic heterocycles. The molecule has 0 spiro atoms. The lowest BCUT2D eigenvalue weighted by Crippen LogP contribution is -2.39. The second-order valence-corrected chi connectivity index (χ2v) is 3.89. The second-order valence-electron chi connectivity index (χ2n) is 3.89. The minimum absolute atomic E-state index is 0.0921. The highest BCUT2D eigenvalue weighted by Gasteiger charge is 2.29. The van der Waals surface area contributed by atoms with Crippen molar-refractivity contribution < 1.29 is 23.7 Å². The van der Waals surface area contributed by atoms with Gasteiger partial charge in [0.15, 0.2) is 0 Å². The van der Waals surface area contributed by atoms with Crippen LogP contribution in [-0.2, 0) is 23.7 Å². The van der Waals surface area contributed by atoms with Crippen molar-refractivity contribution in [2.75, 3.05) is 13.2 Å². The maximum absolute atomic E-state index is 11.2. The van der Waals surface area contributed by atoms with Gasteiger partial charge in [0.2, 0.25) is 0 Å².